The van der Waals surface area contributed by atoms with E-state index in [1.54, 1.807) is 0 Å². The molecule has 0 spiro atoms. The Morgan fingerprint density at radius 2 is 1.96 bits per heavy atom. The molecule has 5 nitrogen and oxygen atoms in total. The van der Waals surface area contributed by atoms with Crippen LogP contribution in [0.1, 0.15) is 25.8 Å². The molecule has 1 aliphatic heterocycles. The van der Waals surface area contributed by atoms with Crippen molar-refractivity contribution in [2.75, 3.05) is 38.6 Å². The minimum absolute atomic E-state index is 0.00378. The fourth-order valence-corrected chi connectivity index (χ4v) is 3.37. The van der Waals surface area contributed by atoms with Crippen LogP contribution in [0.3, 0.4) is 0 Å². The summed E-state index contributed by atoms with van der Waals surface area (Å²) < 4.78 is 38.7. The fourth-order valence-electron chi connectivity index (χ4n) is 3.37. The highest BCUT2D eigenvalue weighted by atomic mass is 19.4. The predicted molar refractivity (Wildman–Crippen MR) is 97.2 cm³/mol. The highest BCUT2D eigenvalue weighted by molar-refractivity contribution is 6.00. The molecule has 1 unspecified atom stereocenters. The number of carbonyl (C=O) groups is 2. The summed E-state index contributed by atoms with van der Waals surface area (Å²) in [5, 5.41) is 2.87. The number of anilines is 1. The number of halogens is 3. The summed E-state index contributed by atoms with van der Waals surface area (Å²) in [6, 6.07) is 4.62. The standard InChI is InChI=1S/C19H26F3N3O2/c1-18(2,12-24(3)4)11-23-17(27)13-8-16(26)25(10-13)15-7-5-6-14(9-15)19(20,21)22/h5-7,9,13H,8,10-12H2,1-4H3,(H,23,27). The van der Waals surface area contributed by atoms with Gasteiger partial charge in [-0.1, -0.05) is 19.9 Å². The maximum atomic E-state index is 12.9. The average Bonchev–Trinajstić information content (AvgIpc) is 2.93. The Morgan fingerprint density at radius 3 is 2.56 bits per heavy atom. The molecule has 27 heavy (non-hydrogen) atoms. The van der Waals surface area contributed by atoms with E-state index in [1.165, 1.54) is 17.0 Å². The molecule has 1 fully saturated rings. The monoisotopic (exact) mass is 385 g/mol. The second kappa shape index (κ2) is 7.88. The lowest BCUT2D eigenvalue weighted by Gasteiger charge is -2.29. The largest absolute Gasteiger partial charge is 0.416 e. The van der Waals surface area contributed by atoms with Crippen LogP contribution in [0.15, 0.2) is 24.3 Å². The maximum Gasteiger partial charge on any atom is 0.416 e. The molecule has 0 aromatic heterocycles. The molecular weight excluding hydrogens is 359 g/mol. The van der Waals surface area contributed by atoms with Crippen LogP contribution >= 0.6 is 0 Å². The first kappa shape index (κ1) is 21.2. The lowest BCUT2D eigenvalue weighted by atomic mass is 9.92. The molecule has 1 aromatic rings. The van der Waals surface area contributed by atoms with Crippen molar-refractivity contribution >= 4 is 17.5 Å². The molecular formula is C19H26F3N3O2. The third kappa shape index (κ3) is 5.69. The van der Waals surface area contributed by atoms with Gasteiger partial charge in [-0.15, -0.1) is 0 Å². The van der Waals surface area contributed by atoms with Gasteiger partial charge in [-0.25, -0.2) is 0 Å². The molecule has 1 saturated heterocycles. The smallest absolute Gasteiger partial charge is 0.355 e. The number of nitrogens with zero attached hydrogens (tertiary/aromatic N) is 2. The van der Waals surface area contributed by atoms with Gasteiger partial charge in [0.05, 0.1) is 11.5 Å². The van der Waals surface area contributed by atoms with Crippen LogP contribution in [0.2, 0.25) is 0 Å². The first-order valence-corrected chi connectivity index (χ1v) is 8.79. The van der Waals surface area contributed by atoms with E-state index in [2.05, 4.69) is 5.32 Å². The Morgan fingerprint density at radius 1 is 1.30 bits per heavy atom. The van der Waals surface area contributed by atoms with Gasteiger partial charge in [0.1, 0.15) is 0 Å². The summed E-state index contributed by atoms with van der Waals surface area (Å²) in [5.41, 5.74) is -0.785. The molecule has 1 N–H and O–H groups in total. The molecule has 1 heterocycles. The van der Waals surface area contributed by atoms with Crippen LogP contribution in [0, 0.1) is 11.3 Å². The van der Waals surface area contributed by atoms with Gasteiger partial charge in [-0.3, -0.25) is 9.59 Å². The number of benzene rings is 1. The molecule has 0 aliphatic carbocycles. The number of amides is 2. The minimum Gasteiger partial charge on any atom is -0.355 e. The Kier molecular flexibility index (Phi) is 6.19. The summed E-state index contributed by atoms with van der Waals surface area (Å²) in [6.07, 6.45) is -4.48. The molecule has 2 rings (SSSR count). The molecule has 0 radical (unpaired) electrons. The van der Waals surface area contributed by atoms with Crippen molar-refractivity contribution in [3.05, 3.63) is 29.8 Å². The van der Waals surface area contributed by atoms with Crippen molar-refractivity contribution < 1.29 is 22.8 Å². The SMILES string of the molecule is CN(C)CC(C)(C)CNC(=O)C1CC(=O)N(c2cccc(C(F)(F)F)c2)C1. The highest BCUT2D eigenvalue weighted by Crippen LogP contribution is 2.33. The lowest BCUT2D eigenvalue weighted by molar-refractivity contribution is -0.137. The molecule has 0 bridgehead atoms. The van der Waals surface area contributed by atoms with Crippen molar-refractivity contribution in [3.8, 4) is 0 Å². The van der Waals surface area contributed by atoms with Crippen LogP contribution < -0.4 is 10.2 Å². The Bertz CT molecular complexity index is 702. The summed E-state index contributed by atoms with van der Waals surface area (Å²) >= 11 is 0. The zero-order chi connectivity index (χ0) is 20.4. The van der Waals surface area contributed by atoms with Gasteiger partial charge in [-0.2, -0.15) is 13.2 Å². The average molecular weight is 385 g/mol. The molecule has 150 valence electrons. The normalized spacial score (nSPS) is 18.3. The maximum absolute atomic E-state index is 12.9. The number of hydrogen-bond donors (Lipinski definition) is 1. The molecule has 8 heteroatoms. The summed E-state index contributed by atoms with van der Waals surface area (Å²) in [6.45, 7) is 5.38. The van der Waals surface area contributed by atoms with E-state index >= 15 is 0 Å². The zero-order valence-corrected chi connectivity index (χ0v) is 16.1. The van der Waals surface area contributed by atoms with Crippen molar-refractivity contribution in [2.24, 2.45) is 11.3 Å². The van der Waals surface area contributed by atoms with Crippen LogP contribution in [-0.2, 0) is 15.8 Å². The van der Waals surface area contributed by atoms with Crippen molar-refractivity contribution in [3.63, 3.8) is 0 Å². The van der Waals surface area contributed by atoms with Gasteiger partial charge in [0.15, 0.2) is 0 Å². The summed E-state index contributed by atoms with van der Waals surface area (Å²) in [7, 11) is 3.90. The van der Waals surface area contributed by atoms with E-state index in [9.17, 15) is 22.8 Å². The second-order valence-electron chi connectivity index (χ2n) is 8.07. The zero-order valence-electron chi connectivity index (χ0n) is 16.1. The fraction of sp³-hybridized carbons (Fsp3) is 0.579. The number of hydrogen-bond acceptors (Lipinski definition) is 3. The van der Waals surface area contributed by atoms with Gasteiger partial charge in [-0.05, 0) is 37.7 Å². The van der Waals surface area contributed by atoms with E-state index in [-0.39, 0.29) is 35.9 Å². The lowest BCUT2D eigenvalue weighted by Crippen LogP contribution is -2.42. The predicted octanol–water partition coefficient (Wildman–Crippen LogP) is 2.76. The second-order valence-corrected chi connectivity index (χ2v) is 8.07. The summed E-state index contributed by atoms with van der Waals surface area (Å²) in [5.74, 6) is -1.16. The van der Waals surface area contributed by atoms with Crippen molar-refractivity contribution in [2.45, 2.75) is 26.4 Å². The summed E-state index contributed by atoms with van der Waals surface area (Å²) in [4.78, 5) is 28.0. The van der Waals surface area contributed by atoms with Gasteiger partial charge in [0.25, 0.3) is 0 Å². The van der Waals surface area contributed by atoms with E-state index < -0.39 is 17.7 Å². The molecule has 1 aliphatic rings. The van der Waals surface area contributed by atoms with Gasteiger partial charge in [0, 0.05) is 31.7 Å². The van der Waals surface area contributed by atoms with Crippen LogP contribution in [0.25, 0.3) is 0 Å². The third-order valence-corrected chi connectivity index (χ3v) is 4.47. The van der Waals surface area contributed by atoms with E-state index in [4.69, 9.17) is 0 Å². The van der Waals surface area contributed by atoms with Crippen LogP contribution in [-0.4, -0.2) is 50.4 Å². The van der Waals surface area contributed by atoms with Gasteiger partial charge in [0.2, 0.25) is 11.8 Å². The van der Waals surface area contributed by atoms with Gasteiger partial charge < -0.3 is 15.1 Å². The first-order valence-electron chi connectivity index (χ1n) is 8.79. The highest BCUT2D eigenvalue weighted by Gasteiger charge is 2.37. The molecule has 2 amide bonds. The Hall–Kier alpha value is -2.09. The van der Waals surface area contributed by atoms with Crippen LogP contribution in [0.4, 0.5) is 18.9 Å². The quantitative estimate of drug-likeness (QED) is 0.819. The molecule has 0 saturated carbocycles. The number of carbonyl (C=O) groups excluding carboxylic acids is 2. The Balaban J connectivity index is 2.02. The number of alkyl halides is 3. The van der Waals surface area contributed by atoms with Crippen LogP contribution in [0.5, 0.6) is 0 Å². The Labute approximate surface area is 157 Å². The van der Waals surface area contributed by atoms with Crippen molar-refractivity contribution in [1.29, 1.82) is 0 Å². The number of nitrogens with one attached hydrogen (secondary N) is 1. The van der Waals surface area contributed by atoms with Gasteiger partial charge >= 0.3 is 6.18 Å². The van der Waals surface area contributed by atoms with E-state index in [0.717, 1.165) is 18.7 Å². The molecule has 1 aromatic carbocycles. The third-order valence-electron chi connectivity index (χ3n) is 4.47. The van der Waals surface area contributed by atoms with E-state index in [0.29, 0.717) is 6.54 Å². The minimum atomic E-state index is -4.48. The van der Waals surface area contributed by atoms with Crippen molar-refractivity contribution in [1.82, 2.24) is 10.2 Å². The van der Waals surface area contributed by atoms with E-state index in [1.807, 2.05) is 32.8 Å². The number of rotatable bonds is 6. The first-order chi connectivity index (χ1) is 12.4. The molecule has 1 atom stereocenters. The topological polar surface area (TPSA) is 52.7 Å².